The minimum absolute atomic E-state index is 0.00547. The summed E-state index contributed by atoms with van der Waals surface area (Å²) in [5.41, 5.74) is 20.5. The van der Waals surface area contributed by atoms with Gasteiger partial charge in [0, 0.05) is 139 Å². The number of rotatable bonds is 21. The van der Waals surface area contributed by atoms with E-state index in [-0.39, 0.29) is 110 Å². The first-order valence-electron chi connectivity index (χ1n) is 50.5. The van der Waals surface area contributed by atoms with Crippen molar-refractivity contribution in [2.45, 2.75) is 198 Å². The van der Waals surface area contributed by atoms with E-state index in [0.717, 1.165) is 120 Å². The smallest absolute Gasteiger partial charge is 0.395 e. The molecule has 1 aromatic heterocycles. The van der Waals surface area contributed by atoms with Crippen LogP contribution in [-0.4, -0.2) is 256 Å². The second-order valence-electron chi connectivity index (χ2n) is 40.0. The fraction of sp³-hybridized carbons (Fsp3) is 0.400. The van der Waals surface area contributed by atoms with Crippen LogP contribution in [0, 0.1) is 48.5 Å². The molecule has 8 fully saturated rings. The molecule has 762 valence electrons. The Balaban J connectivity index is 0.000000132. The lowest BCUT2D eigenvalue weighted by atomic mass is 9.74. The lowest BCUT2D eigenvalue weighted by Gasteiger charge is -2.57. The number of aryl methyl sites for hydroxylation is 7. The van der Waals surface area contributed by atoms with Gasteiger partial charge in [-0.1, -0.05) is 253 Å². The van der Waals surface area contributed by atoms with E-state index in [2.05, 4.69) is 198 Å². The molecule has 12 aromatic rings. The summed E-state index contributed by atoms with van der Waals surface area (Å²) in [6.07, 6.45) is 3.26. The van der Waals surface area contributed by atoms with E-state index in [1.165, 1.54) is 83.0 Å². The van der Waals surface area contributed by atoms with E-state index in [0.29, 0.717) is 75.1 Å². The molecule has 8 aliphatic heterocycles. The van der Waals surface area contributed by atoms with Crippen molar-refractivity contribution in [2.24, 2.45) is 7.05 Å². The lowest BCUT2D eigenvalue weighted by molar-refractivity contribution is -0.140. The van der Waals surface area contributed by atoms with E-state index < -0.39 is 56.7 Å². The predicted molar refractivity (Wildman–Crippen MR) is 561 cm³/mol. The van der Waals surface area contributed by atoms with Crippen LogP contribution in [0.25, 0.3) is 44.5 Å². The third-order valence-corrected chi connectivity index (χ3v) is 39.2. The van der Waals surface area contributed by atoms with E-state index in [1.54, 1.807) is 51.3 Å². The molecule has 144 heavy (non-hydrogen) atoms. The number of benzene rings is 11. The van der Waals surface area contributed by atoms with Crippen LogP contribution < -0.4 is 0 Å². The highest BCUT2D eigenvalue weighted by Crippen LogP contribution is 2.50. The number of aromatic nitrogens is 2. The number of ether oxygens (including phenoxy) is 1. The molecule has 0 aliphatic carbocycles. The normalized spacial score (nSPS) is 23.5. The van der Waals surface area contributed by atoms with Gasteiger partial charge >= 0.3 is 6.18 Å². The molecule has 0 saturated carbocycles. The van der Waals surface area contributed by atoms with Crippen LogP contribution in [0.5, 0.6) is 0 Å². The Morgan fingerprint density at radius 1 is 0.333 bits per heavy atom. The van der Waals surface area contributed by atoms with Gasteiger partial charge in [0.1, 0.15) is 0 Å². The summed E-state index contributed by atoms with van der Waals surface area (Å²) in [5.74, 6) is 0.263. The Hall–Kier alpha value is -10.3. The highest BCUT2D eigenvalue weighted by molar-refractivity contribution is 7.90. The van der Waals surface area contributed by atoms with Gasteiger partial charge in [0.25, 0.3) is 10.0 Å². The van der Waals surface area contributed by atoms with Gasteiger partial charge < -0.3 is 20.1 Å². The van der Waals surface area contributed by atoms with E-state index in [4.69, 9.17) is 4.74 Å². The van der Waals surface area contributed by atoms with Gasteiger partial charge in [0.05, 0.1) is 52.9 Å². The third-order valence-electron chi connectivity index (χ3n) is 31.2. The summed E-state index contributed by atoms with van der Waals surface area (Å²) in [7, 11) is -11.8. The SMILES string of the molecule is COC[C@@H]1[C@@H](c2ccc(-c3cccc(C)c3)cc2)C2CN(S(=O)(=O)c3ccccc3C)CCCCN21.Cc1cccc(-c2ccc([C@H]3C4CN(S(=O)(=O)c5ccccc5C(F)(F)F)CCCCN4[C@@H]3CO)cc2)c1.Cc1cccc(-c2ccc([C@H]3C4CN(S(=O)(=O)c5ccccc5C)CCCCN4[C@@H]3CO)cc2)c1.Cc1cccc(-c2ccc([C@H]3C4CN(S(=O)(=O)c5ccnn5C)CCCCN4[C@@H]3CO)cc2)c1C. The number of hydrogen-bond acceptors (Lipinski definition) is 17. The highest BCUT2D eigenvalue weighted by Gasteiger charge is 2.56. The van der Waals surface area contributed by atoms with Crippen LogP contribution in [0.1, 0.15) is 142 Å². The fourth-order valence-corrected chi connectivity index (χ4v) is 30.3. The first kappa shape index (κ1) is 105. The molecular weight excluding hydrogens is 1900 g/mol. The molecule has 8 aliphatic rings. The minimum Gasteiger partial charge on any atom is -0.395 e. The van der Waals surface area contributed by atoms with Crippen molar-refractivity contribution in [3.63, 3.8) is 0 Å². The molecule has 0 amide bonds. The van der Waals surface area contributed by atoms with Gasteiger partial charge in [-0.25, -0.2) is 33.7 Å². The summed E-state index contributed by atoms with van der Waals surface area (Å²) >= 11 is 0. The van der Waals surface area contributed by atoms with E-state index in [1.807, 2.05) is 93.6 Å². The van der Waals surface area contributed by atoms with Crippen molar-refractivity contribution in [3.05, 3.63) is 340 Å². The number of hydrogen-bond donors (Lipinski definition) is 3. The maximum Gasteiger partial charge on any atom is 0.417 e. The quantitative estimate of drug-likeness (QED) is 0.0605. The zero-order valence-corrected chi connectivity index (χ0v) is 86.9. The number of methoxy groups -OCH3 is 1. The Kier molecular flexibility index (Phi) is 33.0. The zero-order valence-electron chi connectivity index (χ0n) is 83.6. The Morgan fingerprint density at radius 3 is 0.972 bits per heavy atom. The van der Waals surface area contributed by atoms with Crippen LogP contribution in [0.4, 0.5) is 13.2 Å². The van der Waals surface area contributed by atoms with Gasteiger partial charge in [-0.15, -0.1) is 0 Å². The monoisotopic (exact) mass is 2030 g/mol. The number of nitrogens with zero attached hydrogens (tertiary/aromatic N) is 10. The summed E-state index contributed by atoms with van der Waals surface area (Å²) in [6, 6.07) is 86.2. The standard InChI is InChI=1S/C30H36N2O3S.C29H31F3N2O3S.C29H34N2O3S.C27H34N4O3S/c1-22-9-8-11-26(19-22)24-13-15-25(16-14-24)30-27-20-31(17-6-7-18-32(27)28(30)21-35-3)36(33,34)29-12-5-4-10-23(29)2;1-20-7-6-8-23(17-20)21-11-13-22(14-12-21)28-25-18-33(15-4-5-16-34(25)26(28)19-35)38(36,37)27-10-3-2-9-24(27)29(30,31)32;1-21-8-7-10-25(18-21)23-12-14-24(15-13-23)29-26-19-30(16-5-6-17-31(26)27(29)20-32)35(33,34)28-11-4-3-9-22(28)2;1-19-7-6-8-23(20(19)2)21-9-11-22(12-10-21)27-24-17-30(15-4-5-16-31(24)25(27)18-32)35(33,34)26-13-14-28-29(26)3/h4-5,8-16,19,27-28,30H,6-7,17-18,20-21H2,1-3H3;2-3,6-14,17,25-26,28,35H,4-5,15-16,18-19H2,1H3;3-4,7-15,18,26-27,29,32H,5-6,16-17,19-20H2,1-2H3;6-14,24-25,27,32H,4-5,15-18H2,1-3H3/t27?,28-,30+;25?,26-,28+;26?,27-,29+;24?,25-,27+/m1111/s1. The molecule has 22 nitrogen and oxygen atoms in total. The first-order valence-corrected chi connectivity index (χ1v) is 56.3. The van der Waals surface area contributed by atoms with Gasteiger partial charge in [0.15, 0.2) is 5.03 Å². The molecule has 12 atom stereocenters. The molecular formula is C115H135F3N10O12S4. The molecule has 20 rings (SSSR count). The molecule has 3 N–H and O–H groups in total. The van der Waals surface area contributed by atoms with Gasteiger partial charge in [-0.3, -0.25) is 24.3 Å². The second-order valence-corrected chi connectivity index (χ2v) is 47.6. The molecule has 0 radical (unpaired) electrons. The van der Waals surface area contributed by atoms with Crippen molar-refractivity contribution in [3.8, 4) is 44.5 Å². The first-order chi connectivity index (χ1) is 69.2. The number of sulfonamides is 4. The van der Waals surface area contributed by atoms with Crippen molar-refractivity contribution in [1.82, 2.24) is 46.6 Å². The fourth-order valence-electron chi connectivity index (χ4n) is 23.6. The Morgan fingerprint density at radius 2 is 0.639 bits per heavy atom. The van der Waals surface area contributed by atoms with Crippen LogP contribution in [0.3, 0.4) is 0 Å². The summed E-state index contributed by atoms with van der Waals surface area (Å²) in [4.78, 5) is 9.30. The zero-order chi connectivity index (χ0) is 102. The van der Waals surface area contributed by atoms with Gasteiger partial charge in [0.2, 0.25) is 30.1 Å². The molecule has 8 saturated heterocycles. The van der Waals surface area contributed by atoms with Crippen molar-refractivity contribution < 1.29 is 66.9 Å². The lowest BCUT2D eigenvalue weighted by Crippen LogP contribution is -2.68. The van der Waals surface area contributed by atoms with E-state index in [9.17, 15) is 62.2 Å². The highest BCUT2D eigenvalue weighted by atomic mass is 32.2. The van der Waals surface area contributed by atoms with Crippen LogP contribution in [0.15, 0.2) is 293 Å². The molecule has 0 spiro atoms. The summed E-state index contributed by atoms with van der Waals surface area (Å²) in [6.45, 7) is 21.6. The predicted octanol–water partition coefficient (Wildman–Crippen LogP) is 18.4. The summed E-state index contributed by atoms with van der Waals surface area (Å²) in [5, 5.41) is 35.0. The maximum atomic E-state index is 13.7. The van der Waals surface area contributed by atoms with Crippen LogP contribution in [-0.2, 0) is 58.1 Å². The number of aliphatic hydroxyl groups excluding tert-OH is 3. The second kappa shape index (κ2) is 45.2. The number of fused-ring (bicyclic) bond motifs is 4. The Labute approximate surface area is 849 Å². The molecule has 4 unspecified atom stereocenters. The van der Waals surface area contributed by atoms with Crippen molar-refractivity contribution in [2.75, 3.05) is 112 Å². The number of aliphatic hydroxyl groups is 3. The number of alkyl halides is 3. The molecule has 11 aromatic carbocycles. The number of halogens is 3. The molecule has 0 bridgehead atoms. The average molecular weight is 2030 g/mol. The topological polar surface area (TPSA) is 250 Å². The Bertz CT molecular complexity index is 6950. The van der Waals surface area contributed by atoms with Crippen molar-refractivity contribution in [1.29, 1.82) is 0 Å². The summed E-state index contributed by atoms with van der Waals surface area (Å²) < 4.78 is 163. The van der Waals surface area contributed by atoms with Gasteiger partial charge in [-0.05, 0) is 245 Å². The molecule has 9 heterocycles. The largest absolute Gasteiger partial charge is 0.417 e. The van der Waals surface area contributed by atoms with Crippen LogP contribution >= 0.6 is 0 Å². The maximum absolute atomic E-state index is 13.7. The van der Waals surface area contributed by atoms with Crippen molar-refractivity contribution >= 4 is 40.1 Å². The van der Waals surface area contributed by atoms with Crippen LogP contribution in [0.2, 0.25) is 0 Å². The van der Waals surface area contributed by atoms with Gasteiger partial charge in [-0.2, -0.15) is 35.5 Å². The third kappa shape index (κ3) is 22.0. The van der Waals surface area contributed by atoms with E-state index >= 15 is 0 Å². The minimum atomic E-state index is -4.78. The molecule has 29 heteroatoms. The average Bonchev–Trinajstić information content (AvgIpc) is 1.10.